The van der Waals surface area contributed by atoms with Gasteiger partial charge in [0.2, 0.25) is 11.8 Å². The Bertz CT molecular complexity index is 2130. The quantitative estimate of drug-likeness (QED) is 0.0779. The lowest BCUT2D eigenvalue weighted by Crippen LogP contribution is -2.55. The molecule has 57 heavy (non-hydrogen) atoms. The molecule has 0 aromatic heterocycles. The summed E-state index contributed by atoms with van der Waals surface area (Å²) in [5.41, 5.74) is 3.05. The molecule has 0 radical (unpaired) electrons. The highest BCUT2D eigenvalue weighted by Crippen LogP contribution is 2.25. The molecule has 4 amide bonds. The third-order valence-corrected chi connectivity index (χ3v) is 11.7. The smallest absolute Gasteiger partial charge is 0.251 e. The number of nitrogens with one attached hydrogen (secondary N) is 5. The predicted octanol–water partition coefficient (Wildman–Crippen LogP) is 6.37. The zero-order valence-corrected chi connectivity index (χ0v) is 35.3. The number of carbonyl (C=O) groups excluding carboxylic acids is 4. The molecule has 5 atom stereocenters. The van der Waals surface area contributed by atoms with Crippen LogP contribution in [0.15, 0.2) is 97.1 Å². The molecular formula is C43H51Cl2N5O6S. The number of rotatable bonds is 18. The standard InChI is InChI=1S/C43H51Cl2N5O6S/c1-26(2)39(43(54)47-24-31-15-17-36(44)18-16-31)50-40(51)28(4)46-25-38(19-30-11-8-7-9-12-30)49-42(53)35-21-33(29(5)57(6,55)56)20-34(22-35)41(52)48-27(3)32-13-10-14-37(45)23-32/h7-18,20-23,26-29,38-39,46H,19,24-25H2,1-6H3,(H,47,54)(H,48,52)(H,49,53)(H,50,51)/t27-,28+,29?,38+,39+/m1/s1. The van der Waals surface area contributed by atoms with Crippen LogP contribution in [0.2, 0.25) is 10.0 Å². The maximum atomic E-state index is 14.0. The molecule has 4 rings (SSSR count). The Labute approximate surface area is 345 Å². The van der Waals surface area contributed by atoms with E-state index in [0.29, 0.717) is 16.5 Å². The average Bonchev–Trinajstić information content (AvgIpc) is 3.17. The van der Waals surface area contributed by atoms with Gasteiger partial charge in [0, 0.05) is 46.6 Å². The first-order chi connectivity index (χ1) is 26.9. The van der Waals surface area contributed by atoms with Crippen molar-refractivity contribution in [2.24, 2.45) is 5.92 Å². The van der Waals surface area contributed by atoms with Gasteiger partial charge in [-0.15, -0.1) is 0 Å². The molecule has 4 aromatic rings. The van der Waals surface area contributed by atoms with Crippen LogP contribution in [-0.4, -0.2) is 63.0 Å². The zero-order chi connectivity index (χ0) is 41.9. The SMILES string of the molecule is CC(C)[C@H](NC(=O)[C@H](C)NC[C@H](Cc1ccccc1)NC(=O)c1cc(C(=O)N[C@H](C)c2cccc(Cl)c2)cc(C(C)S(C)(=O)=O)c1)C(=O)NCc1ccc(Cl)cc1. The van der Waals surface area contributed by atoms with Crippen LogP contribution in [0.1, 0.15) is 88.9 Å². The third kappa shape index (κ3) is 13.7. The summed E-state index contributed by atoms with van der Waals surface area (Å²) in [5, 5.41) is 15.0. The zero-order valence-electron chi connectivity index (χ0n) is 32.9. The Morgan fingerprint density at radius 1 is 0.649 bits per heavy atom. The van der Waals surface area contributed by atoms with Gasteiger partial charge in [0.15, 0.2) is 9.84 Å². The van der Waals surface area contributed by atoms with Crippen molar-refractivity contribution in [1.82, 2.24) is 26.6 Å². The molecule has 0 aliphatic carbocycles. The maximum Gasteiger partial charge on any atom is 0.251 e. The van der Waals surface area contributed by atoms with Gasteiger partial charge in [-0.2, -0.15) is 0 Å². The van der Waals surface area contributed by atoms with Gasteiger partial charge in [-0.25, -0.2) is 8.42 Å². The van der Waals surface area contributed by atoms with E-state index in [1.165, 1.54) is 25.1 Å². The summed E-state index contributed by atoms with van der Waals surface area (Å²) in [6.45, 7) is 9.09. The normalized spacial score (nSPS) is 14.1. The van der Waals surface area contributed by atoms with Crippen LogP contribution in [0, 0.1) is 5.92 Å². The van der Waals surface area contributed by atoms with E-state index >= 15 is 0 Å². The second-order valence-corrected chi connectivity index (χ2v) is 17.9. The fourth-order valence-corrected chi connectivity index (χ4v) is 6.96. The van der Waals surface area contributed by atoms with E-state index in [0.717, 1.165) is 22.9 Å². The van der Waals surface area contributed by atoms with E-state index in [4.69, 9.17) is 23.2 Å². The fourth-order valence-electron chi connectivity index (χ4n) is 6.00. The number of hydrogen-bond donors (Lipinski definition) is 5. The van der Waals surface area contributed by atoms with Gasteiger partial charge in [0.05, 0.1) is 17.3 Å². The number of carbonyl (C=O) groups is 4. The van der Waals surface area contributed by atoms with Crippen molar-refractivity contribution in [1.29, 1.82) is 0 Å². The Morgan fingerprint density at radius 2 is 1.28 bits per heavy atom. The highest BCUT2D eigenvalue weighted by atomic mass is 35.5. The molecule has 1 unspecified atom stereocenters. The number of hydrogen-bond acceptors (Lipinski definition) is 7. The number of amides is 4. The minimum absolute atomic E-state index is 0.0943. The van der Waals surface area contributed by atoms with E-state index in [1.54, 1.807) is 44.2 Å². The second kappa shape index (κ2) is 20.6. The van der Waals surface area contributed by atoms with E-state index in [9.17, 15) is 27.6 Å². The number of benzene rings is 4. The highest BCUT2D eigenvalue weighted by molar-refractivity contribution is 7.90. The Hall–Kier alpha value is -4.75. The van der Waals surface area contributed by atoms with Crippen molar-refractivity contribution in [2.75, 3.05) is 12.8 Å². The molecule has 0 aliphatic heterocycles. The summed E-state index contributed by atoms with van der Waals surface area (Å²) in [4.78, 5) is 54.2. The summed E-state index contributed by atoms with van der Waals surface area (Å²) >= 11 is 12.1. The molecule has 5 N–H and O–H groups in total. The molecule has 0 saturated heterocycles. The largest absolute Gasteiger partial charge is 0.350 e. The summed E-state index contributed by atoms with van der Waals surface area (Å²) in [7, 11) is -3.59. The van der Waals surface area contributed by atoms with E-state index in [2.05, 4.69) is 26.6 Å². The molecule has 11 nitrogen and oxygen atoms in total. The molecule has 0 heterocycles. The van der Waals surface area contributed by atoms with Crippen molar-refractivity contribution < 1.29 is 27.6 Å². The molecule has 304 valence electrons. The van der Waals surface area contributed by atoms with E-state index in [1.807, 2.05) is 62.4 Å². The lowest BCUT2D eigenvalue weighted by molar-refractivity contribution is -0.131. The third-order valence-electron chi connectivity index (χ3n) is 9.64. The molecule has 4 aromatic carbocycles. The van der Waals surface area contributed by atoms with Crippen molar-refractivity contribution >= 4 is 56.7 Å². The first-order valence-electron chi connectivity index (χ1n) is 18.7. The lowest BCUT2D eigenvalue weighted by atomic mass is 10.0. The topological polar surface area (TPSA) is 163 Å². The Kier molecular flexibility index (Phi) is 16.3. The number of sulfone groups is 1. The van der Waals surface area contributed by atoms with Crippen molar-refractivity contribution in [3.63, 3.8) is 0 Å². The lowest BCUT2D eigenvalue weighted by Gasteiger charge is -2.26. The van der Waals surface area contributed by atoms with Gasteiger partial charge in [0.25, 0.3) is 11.8 Å². The van der Waals surface area contributed by atoms with Gasteiger partial charge < -0.3 is 26.6 Å². The maximum absolute atomic E-state index is 14.0. The van der Waals surface area contributed by atoms with E-state index in [-0.39, 0.29) is 41.6 Å². The molecule has 0 aliphatic rings. The molecule has 0 bridgehead atoms. The van der Waals surface area contributed by atoms with Gasteiger partial charge in [-0.05, 0) is 97.8 Å². The van der Waals surface area contributed by atoms with Crippen molar-refractivity contribution in [2.45, 2.75) is 77.0 Å². The minimum Gasteiger partial charge on any atom is -0.350 e. The van der Waals surface area contributed by atoms with Crippen LogP contribution in [0.25, 0.3) is 0 Å². The van der Waals surface area contributed by atoms with Gasteiger partial charge >= 0.3 is 0 Å². The minimum atomic E-state index is -3.59. The van der Waals surface area contributed by atoms with E-state index < -0.39 is 57.0 Å². The van der Waals surface area contributed by atoms with Crippen LogP contribution in [0.5, 0.6) is 0 Å². The predicted molar refractivity (Wildman–Crippen MR) is 226 cm³/mol. The van der Waals surface area contributed by atoms with Gasteiger partial charge in [0.1, 0.15) is 6.04 Å². The summed E-state index contributed by atoms with van der Waals surface area (Å²) in [6.07, 6.45) is 1.49. The Balaban J connectivity index is 1.51. The van der Waals surface area contributed by atoms with Crippen LogP contribution >= 0.6 is 23.2 Å². The first kappa shape index (κ1) is 45.0. The summed E-state index contributed by atoms with van der Waals surface area (Å²) in [6, 6.07) is 25.5. The van der Waals surface area contributed by atoms with Crippen LogP contribution in [0.3, 0.4) is 0 Å². The molecular weight excluding hydrogens is 785 g/mol. The van der Waals surface area contributed by atoms with Crippen LogP contribution in [0.4, 0.5) is 0 Å². The van der Waals surface area contributed by atoms with Gasteiger partial charge in [-0.3, -0.25) is 19.2 Å². The summed E-state index contributed by atoms with van der Waals surface area (Å²) < 4.78 is 25.3. The fraction of sp³-hybridized carbons (Fsp3) is 0.349. The van der Waals surface area contributed by atoms with Crippen LogP contribution < -0.4 is 26.6 Å². The highest BCUT2D eigenvalue weighted by Gasteiger charge is 2.28. The summed E-state index contributed by atoms with van der Waals surface area (Å²) in [5.74, 6) is -1.96. The van der Waals surface area contributed by atoms with Crippen LogP contribution in [-0.2, 0) is 32.4 Å². The first-order valence-corrected chi connectivity index (χ1v) is 21.4. The molecule has 0 fully saturated rings. The van der Waals surface area contributed by atoms with Gasteiger partial charge in [-0.1, -0.05) is 91.6 Å². The van der Waals surface area contributed by atoms with Crippen molar-refractivity contribution in [3.8, 4) is 0 Å². The molecule has 14 heteroatoms. The monoisotopic (exact) mass is 835 g/mol. The second-order valence-electron chi connectivity index (χ2n) is 14.6. The molecule has 0 spiro atoms. The Morgan fingerprint density at radius 3 is 1.88 bits per heavy atom. The average molecular weight is 837 g/mol. The number of halogens is 2. The van der Waals surface area contributed by atoms with Crippen molar-refractivity contribution in [3.05, 3.63) is 140 Å². The molecule has 0 saturated carbocycles.